The number of ether oxygens (including phenoxy) is 6. The van der Waals surface area contributed by atoms with Crippen molar-refractivity contribution in [2.75, 3.05) is 39.9 Å². The minimum Gasteiger partial charge on any atom is -0.482 e. The highest BCUT2D eigenvalue weighted by molar-refractivity contribution is 5.76. The van der Waals surface area contributed by atoms with Gasteiger partial charge in [0.25, 0.3) is 0 Å². The van der Waals surface area contributed by atoms with Gasteiger partial charge in [0.2, 0.25) is 0 Å². The molecule has 0 saturated carbocycles. The van der Waals surface area contributed by atoms with E-state index in [1.165, 1.54) is 7.11 Å². The number of esters is 5. The Hall–Kier alpha value is -5.00. The number of benzene rings is 1. The number of aromatic nitrogens is 1. The van der Waals surface area contributed by atoms with Crippen LogP contribution < -0.4 is 4.74 Å². The third-order valence-electron chi connectivity index (χ3n) is 6.58. The second-order valence-electron chi connectivity index (χ2n) is 17.1. The molecule has 2 rings (SSSR count). The number of carbonyl (C=O) groups excluding carboxylic acids is 5. The fourth-order valence-corrected chi connectivity index (χ4v) is 4.88. The van der Waals surface area contributed by atoms with Gasteiger partial charge in [-0.2, -0.15) is 0 Å². The van der Waals surface area contributed by atoms with Crippen molar-refractivity contribution < 1.29 is 52.4 Å². The number of methoxy groups -OCH3 is 1. The van der Waals surface area contributed by atoms with Crippen LogP contribution in [0.15, 0.2) is 36.4 Å². The fourth-order valence-electron chi connectivity index (χ4n) is 4.88. The minimum atomic E-state index is -0.757. The van der Waals surface area contributed by atoms with Crippen molar-refractivity contribution in [1.29, 1.82) is 0 Å². The third-order valence-corrected chi connectivity index (χ3v) is 6.58. The largest absolute Gasteiger partial charge is 0.482 e. The molecular weight excluding hydrogens is 722 g/mol. The van der Waals surface area contributed by atoms with Gasteiger partial charge >= 0.3 is 29.8 Å². The van der Waals surface area contributed by atoms with Gasteiger partial charge in [-0.15, -0.1) is 0 Å². The maximum atomic E-state index is 13.0. The molecule has 1 aromatic carbocycles. The second-order valence-corrected chi connectivity index (χ2v) is 17.1. The van der Waals surface area contributed by atoms with Crippen LogP contribution in [0.5, 0.6) is 5.75 Å². The summed E-state index contributed by atoms with van der Waals surface area (Å²) in [5, 5.41) is 0. The summed E-state index contributed by atoms with van der Waals surface area (Å²) in [5.41, 5.74) is -0.969. The minimum absolute atomic E-state index is 0.0192. The first-order valence-electron chi connectivity index (χ1n) is 18.3. The molecule has 0 aliphatic carbocycles. The number of hydrogen-bond donors (Lipinski definition) is 0. The normalized spacial score (nSPS) is 12.0. The van der Waals surface area contributed by atoms with Crippen molar-refractivity contribution in [3.63, 3.8) is 0 Å². The molecule has 0 aliphatic rings. The van der Waals surface area contributed by atoms with E-state index in [9.17, 15) is 24.0 Å². The highest BCUT2D eigenvalue weighted by Crippen LogP contribution is 2.17. The van der Waals surface area contributed by atoms with Gasteiger partial charge in [-0.3, -0.25) is 34.0 Å². The van der Waals surface area contributed by atoms with Crippen LogP contribution in [-0.2, 0) is 60.7 Å². The lowest BCUT2D eigenvalue weighted by molar-refractivity contribution is -0.162. The van der Waals surface area contributed by atoms with Crippen molar-refractivity contribution in [1.82, 2.24) is 14.8 Å². The summed E-state index contributed by atoms with van der Waals surface area (Å²) in [5.74, 6) is 4.03. The van der Waals surface area contributed by atoms with Crippen LogP contribution in [0.1, 0.15) is 106 Å². The van der Waals surface area contributed by atoms with E-state index < -0.39 is 52.3 Å². The molecule has 0 radical (unpaired) electrons. The van der Waals surface area contributed by atoms with Gasteiger partial charge in [-0.25, -0.2) is 4.79 Å². The van der Waals surface area contributed by atoms with Gasteiger partial charge in [0.05, 0.1) is 44.7 Å². The van der Waals surface area contributed by atoms with Crippen LogP contribution in [0.4, 0.5) is 0 Å². The molecule has 14 nitrogen and oxygen atoms in total. The average molecular weight is 782 g/mol. The van der Waals surface area contributed by atoms with E-state index in [1.807, 2.05) is 0 Å². The summed E-state index contributed by atoms with van der Waals surface area (Å²) in [6.07, 6.45) is 0. The Balaban J connectivity index is 2.60. The SMILES string of the molecule is COC(=O)COc1ccc(C#Cc2cc(CN(CC(=O)OC(C)(C)C)CC(=O)OC(C)(C)C)nc(CN(CC(=O)OC(C)(C)C)CC(=O)OC(C)(C)C)c2)cc1. The highest BCUT2D eigenvalue weighted by atomic mass is 16.6. The molecule has 2 aromatic rings. The summed E-state index contributed by atoms with van der Waals surface area (Å²) >= 11 is 0. The van der Waals surface area contributed by atoms with Gasteiger partial charge < -0.3 is 28.4 Å². The molecule has 0 atom stereocenters. The van der Waals surface area contributed by atoms with Crippen LogP contribution in [0.2, 0.25) is 0 Å². The van der Waals surface area contributed by atoms with Gasteiger partial charge in [0.1, 0.15) is 28.2 Å². The van der Waals surface area contributed by atoms with Crippen molar-refractivity contribution >= 4 is 29.8 Å². The lowest BCUT2D eigenvalue weighted by Crippen LogP contribution is -2.40. The summed E-state index contributed by atoms with van der Waals surface area (Å²) in [6.45, 7) is 19.9. The smallest absolute Gasteiger partial charge is 0.343 e. The van der Waals surface area contributed by atoms with E-state index in [4.69, 9.17) is 28.7 Å². The number of hydrogen-bond acceptors (Lipinski definition) is 14. The van der Waals surface area contributed by atoms with Crippen molar-refractivity contribution in [3.8, 4) is 17.6 Å². The predicted octanol–water partition coefficient (Wildman–Crippen LogP) is 5.00. The van der Waals surface area contributed by atoms with Crippen LogP contribution >= 0.6 is 0 Å². The Morgan fingerprint density at radius 1 is 0.536 bits per heavy atom. The molecule has 0 unspecified atom stereocenters. The first-order chi connectivity index (χ1) is 25.7. The van der Waals surface area contributed by atoms with Crippen LogP contribution in [0.25, 0.3) is 0 Å². The molecule has 0 fully saturated rings. The molecule has 0 N–H and O–H groups in total. The Kier molecular flexibility index (Phi) is 17.0. The maximum absolute atomic E-state index is 13.0. The topological polar surface area (TPSA) is 160 Å². The maximum Gasteiger partial charge on any atom is 0.343 e. The third kappa shape index (κ3) is 21.2. The molecule has 0 amide bonds. The number of nitrogens with zero attached hydrogens (tertiary/aromatic N) is 3. The van der Waals surface area contributed by atoms with Crippen molar-refractivity contribution in [3.05, 3.63) is 58.9 Å². The number of pyridine rings is 1. The molecule has 56 heavy (non-hydrogen) atoms. The summed E-state index contributed by atoms with van der Waals surface area (Å²) in [6, 6.07) is 10.3. The van der Waals surface area contributed by atoms with E-state index in [1.54, 1.807) is 129 Å². The summed E-state index contributed by atoms with van der Waals surface area (Å²) in [7, 11) is 1.28. The van der Waals surface area contributed by atoms with Gasteiger partial charge in [0.15, 0.2) is 6.61 Å². The quantitative estimate of drug-likeness (QED) is 0.135. The molecule has 308 valence electrons. The zero-order chi connectivity index (χ0) is 42.5. The summed E-state index contributed by atoms with van der Waals surface area (Å²) < 4.78 is 32.3. The Morgan fingerprint density at radius 2 is 0.875 bits per heavy atom. The number of rotatable bonds is 15. The molecule has 0 aliphatic heterocycles. The van der Waals surface area contributed by atoms with Crippen LogP contribution in [0.3, 0.4) is 0 Å². The molecular formula is C42H59N3O11. The van der Waals surface area contributed by atoms with Crippen molar-refractivity contribution in [2.24, 2.45) is 0 Å². The van der Waals surface area contributed by atoms with Gasteiger partial charge in [-0.1, -0.05) is 11.8 Å². The highest BCUT2D eigenvalue weighted by Gasteiger charge is 2.26. The van der Waals surface area contributed by atoms with E-state index in [2.05, 4.69) is 16.6 Å². The Morgan fingerprint density at radius 3 is 1.20 bits per heavy atom. The van der Waals surface area contributed by atoms with Gasteiger partial charge in [-0.05, 0) is 119 Å². The molecule has 0 saturated heterocycles. The first-order valence-corrected chi connectivity index (χ1v) is 18.3. The Bertz CT molecular complexity index is 1590. The predicted molar refractivity (Wildman–Crippen MR) is 208 cm³/mol. The van der Waals surface area contributed by atoms with Crippen LogP contribution in [0, 0.1) is 11.8 Å². The standard InChI is InChI=1S/C42H59N3O11/c1-39(2,3)53-34(46)24-44(25-35(47)54-40(4,5)6)22-31-20-30(15-14-29-16-18-33(19-17-29)52-28-38(50)51-13)21-32(43-31)23-45(26-36(48)55-41(7,8)9)27-37(49)56-42(10,11)12/h16-21H,22-28H2,1-13H3. The summed E-state index contributed by atoms with van der Waals surface area (Å²) in [4.78, 5) is 71.4. The van der Waals surface area contributed by atoms with Gasteiger partial charge in [0, 0.05) is 24.2 Å². The van der Waals surface area contributed by atoms with Crippen molar-refractivity contribution in [2.45, 2.75) is 119 Å². The van der Waals surface area contributed by atoms with E-state index in [0.717, 1.165) is 0 Å². The lowest BCUT2D eigenvalue weighted by atomic mass is 10.1. The van der Waals surface area contributed by atoms with E-state index >= 15 is 0 Å². The zero-order valence-corrected chi connectivity index (χ0v) is 35.2. The van der Waals surface area contributed by atoms with E-state index in [-0.39, 0.29) is 45.9 Å². The molecule has 0 bridgehead atoms. The van der Waals surface area contributed by atoms with Crippen LogP contribution in [-0.4, -0.2) is 107 Å². The first kappa shape index (κ1) is 47.2. The second kappa shape index (κ2) is 20.2. The Labute approximate surface area is 331 Å². The molecule has 1 heterocycles. The molecule has 14 heteroatoms. The number of carbonyl (C=O) groups is 5. The zero-order valence-electron chi connectivity index (χ0n) is 35.2. The average Bonchev–Trinajstić information content (AvgIpc) is 2.99. The lowest BCUT2D eigenvalue weighted by Gasteiger charge is -2.27. The molecule has 0 spiro atoms. The monoisotopic (exact) mass is 781 g/mol. The fraction of sp³-hybridized carbons (Fsp3) is 0.571. The van der Waals surface area contributed by atoms with E-state index in [0.29, 0.717) is 28.3 Å². The molecule has 1 aromatic heterocycles.